The van der Waals surface area contributed by atoms with Crippen LogP contribution in [0.3, 0.4) is 0 Å². The predicted molar refractivity (Wildman–Crippen MR) is 263 cm³/mol. The topological polar surface area (TPSA) is 9.86 Å². The molecule has 0 spiro atoms. The highest BCUT2D eigenvalue weighted by Crippen LogP contribution is 2.56. The van der Waals surface area contributed by atoms with Crippen molar-refractivity contribution in [1.29, 1.82) is 0 Å². The van der Waals surface area contributed by atoms with Crippen LogP contribution < -0.4 is 0 Å². The zero-order valence-corrected chi connectivity index (χ0v) is 34.5. The Morgan fingerprint density at radius 3 is 1.35 bits per heavy atom. The number of rotatable bonds is 6. The third kappa shape index (κ3) is 5.25. The van der Waals surface area contributed by atoms with E-state index in [2.05, 4.69) is 252 Å². The number of nitrogens with zero attached hydrogens (tertiary/aromatic N) is 2. The minimum atomic E-state index is -0.436. The third-order valence-corrected chi connectivity index (χ3v) is 13.6. The molecule has 12 aromatic rings. The van der Waals surface area contributed by atoms with Crippen molar-refractivity contribution in [1.82, 2.24) is 9.13 Å². The Bertz CT molecular complexity index is 3660. The molecule has 0 saturated heterocycles. The van der Waals surface area contributed by atoms with Crippen LogP contribution in [-0.2, 0) is 5.41 Å². The number of hydrogen-bond donors (Lipinski definition) is 0. The van der Waals surface area contributed by atoms with Crippen LogP contribution in [0.5, 0.6) is 0 Å². The van der Waals surface area contributed by atoms with Crippen LogP contribution in [-0.4, -0.2) is 9.13 Å². The van der Waals surface area contributed by atoms with E-state index in [1.807, 2.05) is 0 Å². The summed E-state index contributed by atoms with van der Waals surface area (Å²) in [5, 5.41) is 4.99. The van der Waals surface area contributed by atoms with Gasteiger partial charge < -0.3 is 9.13 Å². The quantitative estimate of drug-likeness (QED) is 0.159. The van der Waals surface area contributed by atoms with Gasteiger partial charge in [0.05, 0.1) is 27.5 Å². The van der Waals surface area contributed by atoms with Crippen LogP contribution in [0.1, 0.15) is 22.3 Å². The van der Waals surface area contributed by atoms with Gasteiger partial charge in [-0.25, -0.2) is 0 Å². The normalized spacial score (nSPS) is 12.9. The molecule has 0 fully saturated rings. The standard InChI is InChI=1S/C61H40N2/c1-3-15-41(16-4-1)42-27-33-47(34-28-42)62-58-26-14-10-22-52(58)54-39-43(30-38-59(54)62)44-29-37-53-51-21-9-13-25-57(51)63(60(53)40-44)48-35-31-46(32-36-48)61(45-17-5-2-6-18-45)55-23-11-7-19-49(55)50-20-8-12-24-56(50)61/h1-40H. The molecule has 1 aliphatic rings. The van der Waals surface area contributed by atoms with Gasteiger partial charge in [-0.2, -0.15) is 0 Å². The molecule has 63 heavy (non-hydrogen) atoms. The van der Waals surface area contributed by atoms with Gasteiger partial charge in [0.15, 0.2) is 0 Å². The molecular weight excluding hydrogens is 761 g/mol. The largest absolute Gasteiger partial charge is 0.309 e. The summed E-state index contributed by atoms with van der Waals surface area (Å²) < 4.78 is 4.85. The summed E-state index contributed by atoms with van der Waals surface area (Å²) in [4.78, 5) is 0. The van der Waals surface area contributed by atoms with Gasteiger partial charge in [-0.15, -0.1) is 0 Å². The van der Waals surface area contributed by atoms with E-state index in [1.165, 1.54) is 99.2 Å². The van der Waals surface area contributed by atoms with Crippen LogP contribution in [0.15, 0.2) is 243 Å². The molecule has 10 aromatic carbocycles. The van der Waals surface area contributed by atoms with Crippen molar-refractivity contribution in [3.63, 3.8) is 0 Å². The summed E-state index contributed by atoms with van der Waals surface area (Å²) in [6, 6.07) is 89.5. The summed E-state index contributed by atoms with van der Waals surface area (Å²) in [5.41, 5.74) is 19.3. The van der Waals surface area contributed by atoms with Crippen LogP contribution in [0.2, 0.25) is 0 Å². The number of benzene rings is 10. The van der Waals surface area contributed by atoms with E-state index in [-0.39, 0.29) is 0 Å². The van der Waals surface area contributed by atoms with Gasteiger partial charge in [-0.1, -0.05) is 188 Å². The smallest absolute Gasteiger partial charge is 0.0713 e. The van der Waals surface area contributed by atoms with E-state index >= 15 is 0 Å². The molecule has 0 radical (unpaired) electrons. The predicted octanol–water partition coefficient (Wildman–Crippen LogP) is 15.6. The van der Waals surface area contributed by atoms with Gasteiger partial charge in [0.2, 0.25) is 0 Å². The molecule has 1 aliphatic carbocycles. The Morgan fingerprint density at radius 1 is 0.254 bits per heavy atom. The molecule has 0 atom stereocenters. The highest BCUT2D eigenvalue weighted by molar-refractivity contribution is 6.12. The monoisotopic (exact) mass is 800 g/mol. The number of fused-ring (bicyclic) bond motifs is 9. The van der Waals surface area contributed by atoms with E-state index in [1.54, 1.807) is 0 Å². The van der Waals surface area contributed by atoms with Crippen LogP contribution in [0.4, 0.5) is 0 Å². The summed E-state index contributed by atoms with van der Waals surface area (Å²) in [6.07, 6.45) is 0. The fraction of sp³-hybridized carbons (Fsp3) is 0.0164. The maximum absolute atomic E-state index is 2.45. The third-order valence-electron chi connectivity index (χ3n) is 13.6. The molecule has 2 aromatic heterocycles. The first-order valence-electron chi connectivity index (χ1n) is 21.8. The minimum Gasteiger partial charge on any atom is -0.309 e. The Morgan fingerprint density at radius 2 is 0.683 bits per heavy atom. The summed E-state index contributed by atoms with van der Waals surface area (Å²) >= 11 is 0. The minimum absolute atomic E-state index is 0.436. The maximum Gasteiger partial charge on any atom is 0.0713 e. The van der Waals surface area contributed by atoms with Crippen LogP contribution >= 0.6 is 0 Å². The highest BCUT2D eigenvalue weighted by atomic mass is 15.0. The molecule has 13 rings (SSSR count). The lowest BCUT2D eigenvalue weighted by molar-refractivity contribution is 0.768. The lowest BCUT2D eigenvalue weighted by atomic mass is 9.68. The maximum atomic E-state index is 2.45. The Balaban J connectivity index is 0.948. The molecule has 294 valence electrons. The van der Waals surface area contributed by atoms with Crippen molar-refractivity contribution in [3.05, 3.63) is 265 Å². The van der Waals surface area contributed by atoms with Crippen molar-refractivity contribution in [2.75, 3.05) is 0 Å². The molecule has 0 amide bonds. The van der Waals surface area contributed by atoms with E-state index in [9.17, 15) is 0 Å². The average Bonchev–Trinajstić information content (AvgIpc) is 3.98. The average molecular weight is 801 g/mol. The fourth-order valence-corrected chi connectivity index (χ4v) is 10.9. The molecule has 0 unspecified atom stereocenters. The molecule has 2 nitrogen and oxygen atoms in total. The van der Waals surface area contributed by atoms with Crippen molar-refractivity contribution < 1.29 is 0 Å². The zero-order valence-electron chi connectivity index (χ0n) is 34.5. The Hall–Kier alpha value is -8.20. The number of para-hydroxylation sites is 2. The van der Waals surface area contributed by atoms with Gasteiger partial charge in [0.25, 0.3) is 0 Å². The first kappa shape index (κ1) is 35.5. The Kier molecular flexibility index (Phi) is 7.85. The second kappa shape index (κ2) is 13.9. The van der Waals surface area contributed by atoms with Gasteiger partial charge in [0.1, 0.15) is 0 Å². The first-order chi connectivity index (χ1) is 31.3. The molecule has 0 bridgehead atoms. The second-order valence-electron chi connectivity index (χ2n) is 16.8. The summed E-state index contributed by atoms with van der Waals surface area (Å²) in [5.74, 6) is 0. The second-order valence-corrected chi connectivity index (χ2v) is 16.8. The van der Waals surface area contributed by atoms with Crippen molar-refractivity contribution in [2.24, 2.45) is 0 Å². The van der Waals surface area contributed by atoms with E-state index in [0.717, 1.165) is 11.4 Å². The lowest BCUT2D eigenvalue weighted by Gasteiger charge is -2.34. The highest BCUT2D eigenvalue weighted by Gasteiger charge is 2.45. The van der Waals surface area contributed by atoms with Crippen LogP contribution in [0.25, 0.3) is 88.4 Å². The van der Waals surface area contributed by atoms with Gasteiger partial charge >= 0.3 is 0 Å². The lowest BCUT2D eigenvalue weighted by Crippen LogP contribution is -2.28. The van der Waals surface area contributed by atoms with E-state index in [0.29, 0.717) is 0 Å². The zero-order chi connectivity index (χ0) is 41.5. The van der Waals surface area contributed by atoms with Gasteiger partial charge in [-0.05, 0) is 110 Å². The molecule has 0 saturated carbocycles. The number of aromatic nitrogens is 2. The molecule has 2 heterocycles. The molecule has 0 N–H and O–H groups in total. The first-order valence-corrected chi connectivity index (χ1v) is 21.8. The fourth-order valence-electron chi connectivity index (χ4n) is 10.9. The van der Waals surface area contributed by atoms with Crippen molar-refractivity contribution >= 4 is 43.6 Å². The van der Waals surface area contributed by atoms with E-state index < -0.39 is 5.41 Å². The Labute approximate surface area is 366 Å². The van der Waals surface area contributed by atoms with Gasteiger partial charge in [0, 0.05) is 32.9 Å². The summed E-state index contributed by atoms with van der Waals surface area (Å²) in [7, 11) is 0. The molecular formula is C61H40N2. The summed E-state index contributed by atoms with van der Waals surface area (Å²) in [6.45, 7) is 0. The van der Waals surface area contributed by atoms with Crippen molar-refractivity contribution in [2.45, 2.75) is 5.41 Å². The van der Waals surface area contributed by atoms with Crippen molar-refractivity contribution in [3.8, 4) is 44.8 Å². The molecule has 2 heteroatoms. The SMILES string of the molecule is c1ccc(-c2ccc(-n3c4ccccc4c4cc(-c5ccc6c7ccccc7n(-c7ccc(C8(c9ccccc9)c9ccccc9-c9ccccc98)cc7)c6c5)ccc43)cc2)cc1. The van der Waals surface area contributed by atoms with Crippen LogP contribution in [0, 0.1) is 0 Å². The van der Waals surface area contributed by atoms with Gasteiger partial charge in [-0.3, -0.25) is 0 Å². The number of hydrogen-bond acceptors (Lipinski definition) is 0. The van der Waals surface area contributed by atoms with E-state index in [4.69, 9.17) is 0 Å². The molecule has 0 aliphatic heterocycles.